The second-order valence-electron chi connectivity index (χ2n) is 9.57. The molecule has 4 atom stereocenters. The van der Waals surface area contributed by atoms with Crippen LogP contribution in [0.25, 0.3) is 0 Å². The molecule has 6 N–H and O–H groups in total. The molecule has 1 aliphatic rings. The van der Waals surface area contributed by atoms with E-state index in [1.54, 1.807) is 42.5 Å². The van der Waals surface area contributed by atoms with Gasteiger partial charge in [0.25, 0.3) is 0 Å². The summed E-state index contributed by atoms with van der Waals surface area (Å²) in [6.45, 7) is 1.45. The highest BCUT2D eigenvalue weighted by Gasteiger charge is 2.31. The number of hydrogen-bond acceptors (Lipinski definition) is 8. The maximum absolute atomic E-state index is 13.5. The van der Waals surface area contributed by atoms with E-state index >= 15 is 0 Å². The number of aromatic hydroxyl groups is 1. The molecule has 3 rings (SSSR count). The summed E-state index contributed by atoms with van der Waals surface area (Å²) >= 11 is 0. The minimum absolute atomic E-state index is 0.00989. The van der Waals surface area contributed by atoms with Crippen LogP contribution in [0.2, 0.25) is 0 Å². The normalized spacial score (nSPS) is 22.8. The van der Waals surface area contributed by atoms with E-state index in [2.05, 4.69) is 26.6 Å². The molecular formula is C28H33N5O8. The lowest BCUT2D eigenvalue weighted by atomic mass is 10.0. The number of ether oxygens (including phenoxy) is 1. The topological polar surface area (TPSA) is 192 Å². The summed E-state index contributed by atoms with van der Waals surface area (Å²) < 4.78 is 5.06. The molecule has 0 spiro atoms. The molecule has 2 aromatic rings. The van der Waals surface area contributed by atoms with Crippen LogP contribution >= 0.6 is 0 Å². The molecule has 0 saturated carbocycles. The number of hydrogen-bond donors (Lipinski definition) is 6. The Balaban J connectivity index is 1.92. The number of carbonyl (C=O) groups excluding carboxylic acids is 6. The van der Waals surface area contributed by atoms with Gasteiger partial charge in [-0.15, -0.1) is 0 Å². The van der Waals surface area contributed by atoms with Crippen molar-refractivity contribution in [3.05, 3.63) is 65.7 Å². The first kappa shape index (κ1) is 30.6. The summed E-state index contributed by atoms with van der Waals surface area (Å²) in [5, 5.41) is 22.1. The second kappa shape index (κ2) is 14.4. The minimum Gasteiger partial charge on any atom is -0.508 e. The highest BCUT2D eigenvalue weighted by Crippen LogP contribution is 2.12. The van der Waals surface area contributed by atoms with Crippen LogP contribution in [0.4, 0.5) is 0 Å². The number of carbonyl (C=O) groups is 6. The van der Waals surface area contributed by atoms with Gasteiger partial charge in [0.15, 0.2) is 0 Å². The molecule has 13 heteroatoms. The quantitative estimate of drug-likeness (QED) is 0.243. The first-order valence-electron chi connectivity index (χ1n) is 12.9. The van der Waals surface area contributed by atoms with Gasteiger partial charge in [-0.3, -0.25) is 28.8 Å². The minimum atomic E-state index is -1.30. The molecule has 1 fully saturated rings. The fourth-order valence-corrected chi connectivity index (χ4v) is 4.02. The molecule has 0 radical (unpaired) electrons. The fourth-order valence-electron chi connectivity index (χ4n) is 4.02. The van der Waals surface area contributed by atoms with E-state index in [0.717, 1.165) is 5.56 Å². The SMILES string of the molecule is CC(=O)N[C@H]1COC(=O)CNC(=O)[C@H](Cc2ccc(O)cc2)NC(=O)[C@H](Cc2ccccc2)NC(=O)[C@H](C)NC1=O. The lowest BCUT2D eigenvalue weighted by Crippen LogP contribution is -2.59. The van der Waals surface area contributed by atoms with Crippen molar-refractivity contribution in [1.82, 2.24) is 26.6 Å². The number of benzene rings is 2. The number of phenols is 1. The number of rotatable bonds is 5. The van der Waals surface area contributed by atoms with E-state index in [1.807, 2.05) is 0 Å². The van der Waals surface area contributed by atoms with Gasteiger partial charge in [-0.05, 0) is 30.2 Å². The average Bonchev–Trinajstić information content (AvgIpc) is 2.94. The van der Waals surface area contributed by atoms with Gasteiger partial charge < -0.3 is 36.4 Å². The van der Waals surface area contributed by atoms with Crippen LogP contribution in [-0.4, -0.2) is 77.9 Å². The van der Waals surface area contributed by atoms with Gasteiger partial charge in [-0.25, -0.2) is 0 Å². The molecule has 13 nitrogen and oxygen atoms in total. The summed E-state index contributed by atoms with van der Waals surface area (Å²) in [6, 6.07) is 10.2. The molecule has 218 valence electrons. The number of esters is 1. The molecule has 0 aliphatic carbocycles. The summed E-state index contributed by atoms with van der Waals surface area (Å²) in [4.78, 5) is 76.4. The van der Waals surface area contributed by atoms with E-state index < -0.39 is 72.8 Å². The Kier molecular flexibility index (Phi) is 10.8. The largest absolute Gasteiger partial charge is 0.508 e. The standard InChI is InChI=1S/C28H33N5O8/c1-16-25(37)32-22(12-18-6-4-3-5-7-18)27(39)33-21(13-19-8-10-20(35)11-9-19)26(38)29-14-24(36)41-15-23(28(40)30-16)31-17(2)34/h3-11,16,21-23,35H,12-15H2,1-2H3,(H,29,38)(H,30,40)(H,31,34)(H,32,37)(H,33,39)/t16-,21-,22-,23-/m0/s1. The highest BCUT2D eigenvalue weighted by atomic mass is 16.5. The van der Waals surface area contributed by atoms with Crippen LogP contribution in [0.3, 0.4) is 0 Å². The van der Waals surface area contributed by atoms with Crippen molar-refractivity contribution in [2.75, 3.05) is 13.2 Å². The molecule has 41 heavy (non-hydrogen) atoms. The zero-order valence-corrected chi connectivity index (χ0v) is 22.6. The van der Waals surface area contributed by atoms with Crippen LogP contribution < -0.4 is 26.6 Å². The summed E-state index contributed by atoms with van der Waals surface area (Å²) in [7, 11) is 0. The fraction of sp³-hybridized carbons (Fsp3) is 0.357. The third-order valence-corrected chi connectivity index (χ3v) is 6.19. The van der Waals surface area contributed by atoms with Crippen LogP contribution in [0, 0.1) is 0 Å². The Labute approximate surface area is 236 Å². The van der Waals surface area contributed by atoms with Gasteiger partial charge in [0.05, 0.1) is 0 Å². The highest BCUT2D eigenvalue weighted by molar-refractivity contribution is 5.96. The molecule has 2 aromatic carbocycles. The van der Waals surface area contributed by atoms with Crippen molar-refractivity contribution in [3.63, 3.8) is 0 Å². The van der Waals surface area contributed by atoms with E-state index in [4.69, 9.17) is 4.74 Å². The van der Waals surface area contributed by atoms with Crippen LogP contribution in [0.5, 0.6) is 5.75 Å². The molecule has 0 unspecified atom stereocenters. The average molecular weight is 568 g/mol. The first-order chi connectivity index (χ1) is 19.5. The maximum atomic E-state index is 13.5. The molecule has 1 heterocycles. The molecule has 0 aromatic heterocycles. The van der Waals surface area contributed by atoms with Crippen molar-refractivity contribution >= 4 is 35.5 Å². The van der Waals surface area contributed by atoms with Crippen molar-refractivity contribution in [1.29, 1.82) is 0 Å². The van der Waals surface area contributed by atoms with Gasteiger partial charge in [-0.2, -0.15) is 0 Å². The lowest BCUT2D eigenvalue weighted by molar-refractivity contribution is -0.147. The summed E-state index contributed by atoms with van der Waals surface area (Å²) in [6.07, 6.45) is 0.0867. The van der Waals surface area contributed by atoms with Crippen LogP contribution in [-0.2, 0) is 46.3 Å². The number of cyclic esters (lactones) is 1. The van der Waals surface area contributed by atoms with Gasteiger partial charge >= 0.3 is 5.97 Å². The van der Waals surface area contributed by atoms with E-state index in [-0.39, 0.29) is 18.6 Å². The molecular weight excluding hydrogens is 534 g/mol. The maximum Gasteiger partial charge on any atom is 0.325 e. The van der Waals surface area contributed by atoms with Crippen molar-refractivity contribution in [2.45, 2.75) is 50.9 Å². The molecule has 0 bridgehead atoms. The Bertz CT molecular complexity index is 1270. The second-order valence-corrected chi connectivity index (χ2v) is 9.57. The Morgan fingerprint density at radius 3 is 2.05 bits per heavy atom. The smallest absolute Gasteiger partial charge is 0.325 e. The Morgan fingerprint density at radius 1 is 0.829 bits per heavy atom. The lowest BCUT2D eigenvalue weighted by Gasteiger charge is -2.26. The van der Waals surface area contributed by atoms with Crippen molar-refractivity contribution in [3.8, 4) is 5.75 Å². The van der Waals surface area contributed by atoms with E-state index in [0.29, 0.717) is 5.56 Å². The van der Waals surface area contributed by atoms with E-state index in [9.17, 15) is 33.9 Å². The Morgan fingerprint density at radius 2 is 1.41 bits per heavy atom. The van der Waals surface area contributed by atoms with Gasteiger partial charge in [0, 0.05) is 19.8 Å². The monoisotopic (exact) mass is 567 g/mol. The van der Waals surface area contributed by atoms with Crippen molar-refractivity contribution in [2.24, 2.45) is 0 Å². The molecule has 1 aliphatic heterocycles. The number of phenolic OH excluding ortho intramolecular Hbond substituents is 1. The molecule has 5 amide bonds. The first-order valence-corrected chi connectivity index (χ1v) is 12.9. The third kappa shape index (κ3) is 9.64. The predicted molar refractivity (Wildman–Crippen MR) is 145 cm³/mol. The number of nitrogens with one attached hydrogen (secondary N) is 5. The van der Waals surface area contributed by atoms with Crippen LogP contribution in [0.1, 0.15) is 25.0 Å². The Hall–Kier alpha value is -4.94. The van der Waals surface area contributed by atoms with Gasteiger partial charge in [-0.1, -0.05) is 42.5 Å². The third-order valence-electron chi connectivity index (χ3n) is 6.19. The van der Waals surface area contributed by atoms with E-state index in [1.165, 1.54) is 26.0 Å². The van der Waals surface area contributed by atoms with Crippen molar-refractivity contribution < 1.29 is 38.6 Å². The summed E-state index contributed by atoms with van der Waals surface area (Å²) in [5.74, 6) is -4.30. The molecule has 1 saturated heterocycles. The van der Waals surface area contributed by atoms with Crippen LogP contribution in [0.15, 0.2) is 54.6 Å². The zero-order chi connectivity index (χ0) is 29.9. The number of amides is 5. The van der Waals surface area contributed by atoms with Gasteiger partial charge in [0.1, 0.15) is 43.1 Å². The summed E-state index contributed by atoms with van der Waals surface area (Å²) in [5.41, 5.74) is 1.34. The zero-order valence-electron chi connectivity index (χ0n) is 22.6. The van der Waals surface area contributed by atoms with Gasteiger partial charge in [0.2, 0.25) is 29.5 Å². The predicted octanol–water partition coefficient (Wildman–Crippen LogP) is -1.17.